The predicted molar refractivity (Wildman–Crippen MR) is 150 cm³/mol. The summed E-state index contributed by atoms with van der Waals surface area (Å²) in [5, 5.41) is 30.6. The number of rotatable bonds is 28. The van der Waals surface area contributed by atoms with Crippen molar-refractivity contribution in [3.05, 3.63) is 0 Å². The Morgan fingerprint density at radius 3 is 1.65 bits per heavy atom. The number of ketones is 1. The molecule has 0 heterocycles. The summed E-state index contributed by atoms with van der Waals surface area (Å²) < 4.78 is 46.3. The van der Waals surface area contributed by atoms with Gasteiger partial charge in [-0.25, -0.2) is 4.79 Å². The van der Waals surface area contributed by atoms with Gasteiger partial charge in [0.1, 0.15) is 25.9 Å². The Kier molecular flexibility index (Phi) is 24.0. The number of carbonyl (C=O) groups excluding carboxylic acids is 5. The van der Waals surface area contributed by atoms with Crippen molar-refractivity contribution in [2.45, 2.75) is 58.4 Å². The molecule has 4 N–H and O–H groups in total. The minimum absolute atomic E-state index is 0.00805. The molecular formula is C27H45NO18. The topological polar surface area (TPSA) is 258 Å². The molecule has 5 unspecified atom stereocenters. The van der Waals surface area contributed by atoms with E-state index in [9.17, 15) is 39.0 Å². The van der Waals surface area contributed by atoms with Gasteiger partial charge in [0.05, 0.1) is 52.9 Å². The summed E-state index contributed by atoms with van der Waals surface area (Å²) in [6.45, 7) is 2.84. The molecule has 19 nitrogen and oxygen atoms in total. The van der Waals surface area contributed by atoms with E-state index in [0.717, 1.165) is 20.8 Å². The number of hydrogen-bond donors (Lipinski definition) is 4. The Bertz CT molecular complexity index is 928. The van der Waals surface area contributed by atoms with E-state index in [4.69, 9.17) is 47.7 Å². The molecule has 19 heteroatoms. The van der Waals surface area contributed by atoms with Gasteiger partial charge < -0.3 is 63.3 Å². The molecule has 266 valence electrons. The van der Waals surface area contributed by atoms with Gasteiger partial charge in [-0.2, -0.15) is 0 Å². The summed E-state index contributed by atoms with van der Waals surface area (Å²) in [7, 11) is 0. The number of esters is 3. The van der Waals surface area contributed by atoms with Gasteiger partial charge >= 0.3 is 23.9 Å². The maximum absolute atomic E-state index is 13.0. The van der Waals surface area contributed by atoms with Gasteiger partial charge in [0.15, 0.2) is 24.6 Å². The molecule has 0 radical (unpaired) electrons. The third kappa shape index (κ3) is 22.2. The Morgan fingerprint density at radius 2 is 1.15 bits per heavy atom. The zero-order valence-corrected chi connectivity index (χ0v) is 26.3. The van der Waals surface area contributed by atoms with Crippen LogP contribution in [0.4, 0.5) is 0 Å². The highest BCUT2D eigenvalue weighted by Crippen LogP contribution is 2.21. The summed E-state index contributed by atoms with van der Waals surface area (Å²) in [6.07, 6.45) is -8.34. The third-order valence-electron chi connectivity index (χ3n) is 5.14. The number of aliphatic hydroxyl groups is 2. The summed E-state index contributed by atoms with van der Waals surface area (Å²) in [4.78, 5) is 70.3. The Labute approximate surface area is 265 Å². The van der Waals surface area contributed by atoms with Crippen molar-refractivity contribution in [3.63, 3.8) is 0 Å². The lowest BCUT2D eigenvalue weighted by Crippen LogP contribution is -2.55. The van der Waals surface area contributed by atoms with Gasteiger partial charge in [0.2, 0.25) is 11.7 Å². The SMILES string of the molecule is CC(=O)OC(CO)C(OC(C)=O)C(OC(C)O)C(OC(C)=O)C(=O)COCCOCCNC(=O)COCCOCCOCC(=O)O. The number of carboxylic acid groups (broad SMARTS) is 1. The Morgan fingerprint density at radius 1 is 0.652 bits per heavy atom. The molecule has 0 aromatic carbocycles. The smallest absolute Gasteiger partial charge is 0.329 e. The molecule has 0 bridgehead atoms. The second-order valence-electron chi connectivity index (χ2n) is 9.23. The van der Waals surface area contributed by atoms with Gasteiger partial charge in [-0.1, -0.05) is 0 Å². The zero-order valence-electron chi connectivity index (χ0n) is 26.3. The normalized spacial score (nSPS) is 14.3. The van der Waals surface area contributed by atoms with Crippen molar-refractivity contribution < 1.29 is 86.7 Å². The number of amides is 1. The van der Waals surface area contributed by atoms with Crippen molar-refractivity contribution in [1.29, 1.82) is 0 Å². The van der Waals surface area contributed by atoms with E-state index in [-0.39, 0.29) is 59.4 Å². The van der Waals surface area contributed by atoms with Crippen LogP contribution in [0.25, 0.3) is 0 Å². The molecular weight excluding hydrogens is 626 g/mol. The molecule has 0 aromatic rings. The highest BCUT2D eigenvalue weighted by atomic mass is 16.7. The Hall–Kier alpha value is -3.30. The fourth-order valence-electron chi connectivity index (χ4n) is 3.46. The average Bonchev–Trinajstić information content (AvgIpc) is 2.96. The molecule has 0 aliphatic rings. The van der Waals surface area contributed by atoms with E-state index in [1.54, 1.807) is 0 Å². The van der Waals surface area contributed by atoms with Crippen LogP contribution in [0.15, 0.2) is 0 Å². The lowest BCUT2D eigenvalue weighted by molar-refractivity contribution is -0.225. The molecule has 0 spiro atoms. The second kappa shape index (κ2) is 25.8. The third-order valence-corrected chi connectivity index (χ3v) is 5.14. The van der Waals surface area contributed by atoms with Gasteiger partial charge in [0, 0.05) is 27.3 Å². The molecule has 0 rings (SSSR count). The van der Waals surface area contributed by atoms with E-state index in [1.807, 2.05) is 0 Å². The summed E-state index contributed by atoms with van der Waals surface area (Å²) >= 11 is 0. The highest BCUT2D eigenvalue weighted by Gasteiger charge is 2.45. The van der Waals surface area contributed by atoms with Gasteiger partial charge in [0.25, 0.3) is 0 Å². The lowest BCUT2D eigenvalue weighted by Gasteiger charge is -2.35. The van der Waals surface area contributed by atoms with Gasteiger partial charge in [-0.15, -0.1) is 0 Å². The lowest BCUT2D eigenvalue weighted by atomic mass is 9.99. The number of carboxylic acids is 1. The molecule has 0 saturated heterocycles. The monoisotopic (exact) mass is 671 g/mol. The number of ether oxygens (including phenoxy) is 9. The zero-order chi connectivity index (χ0) is 34.9. The number of aliphatic carboxylic acids is 1. The highest BCUT2D eigenvalue weighted by molar-refractivity contribution is 5.87. The van der Waals surface area contributed by atoms with Crippen molar-refractivity contribution >= 4 is 35.6 Å². The summed E-state index contributed by atoms with van der Waals surface area (Å²) in [6, 6.07) is 0. The number of nitrogens with one attached hydrogen (secondary N) is 1. The quantitative estimate of drug-likeness (QED) is 0.0286. The Balaban J connectivity index is 4.67. The largest absolute Gasteiger partial charge is 0.480 e. The molecule has 0 fully saturated rings. The first kappa shape index (κ1) is 42.7. The van der Waals surface area contributed by atoms with Crippen LogP contribution in [0.5, 0.6) is 0 Å². The number of aliphatic hydroxyl groups excluding tert-OH is 2. The van der Waals surface area contributed by atoms with Crippen LogP contribution in [-0.4, -0.2) is 161 Å². The van der Waals surface area contributed by atoms with E-state index >= 15 is 0 Å². The van der Waals surface area contributed by atoms with E-state index in [1.165, 1.54) is 6.92 Å². The van der Waals surface area contributed by atoms with Gasteiger partial charge in [-0.05, 0) is 6.92 Å². The average molecular weight is 672 g/mol. The first-order chi connectivity index (χ1) is 21.8. The number of Topliss-reactive ketones (excluding diaryl/α,β-unsaturated/α-hetero) is 1. The first-order valence-electron chi connectivity index (χ1n) is 14.1. The van der Waals surface area contributed by atoms with E-state index in [2.05, 4.69) is 5.32 Å². The minimum atomic E-state index is -1.82. The maximum Gasteiger partial charge on any atom is 0.329 e. The first-order valence-corrected chi connectivity index (χ1v) is 14.1. The molecule has 5 atom stereocenters. The molecule has 0 aromatic heterocycles. The number of carbonyl (C=O) groups is 6. The summed E-state index contributed by atoms with van der Waals surface area (Å²) in [5.74, 6) is -5.06. The fourth-order valence-corrected chi connectivity index (χ4v) is 3.46. The molecule has 0 saturated carbocycles. The predicted octanol–water partition coefficient (Wildman–Crippen LogP) is -2.65. The van der Waals surface area contributed by atoms with Crippen molar-refractivity contribution in [3.8, 4) is 0 Å². The maximum atomic E-state index is 13.0. The second-order valence-corrected chi connectivity index (χ2v) is 9.23. The molecule has 46 heavy (non-hydrogen) atoms. The van der Waals surface area contributed by atoms with Crippen LogP contribution in [-0.2, 0) is 71.4 Å². The minimum Gasteiger partial charge on any atom is -0.480 e. The van der Waals surface area contributed by atoms with E-state index < -0.39 is 86.1 Å². The van der Waals surface area contributed by atoms with Crippen LogP contribution in [0.2, 0.25) is 0 Å². The van der Waals surface area contributed by atoms with Crippen molar-refractivity contribution in [2.75, 3.05) is 79.2 Å². The van der Waals surface area contributed by atoms with Gasteiger partial charge in [-0.3, -0.25) is 24.0 Å². The van der Waals surface area contributed by atoms with E-state index in [0.29, 0.717) is 0 Å². The summed E-state index contributed by atoms with van der Waals surface area (Å²) in [5.41, 5.74) is 0. The standard InChI is InChI=1S/C27H45NO18/c1-17(30)43-22(13-29)26(45-19(3)32)27(46-20(4)33)25(44-18(2)31)21(34)14-40-10-7-38-6-5-28-23(35)15-41-11-8-39-9-12-42-16-24(36)37/h20,22,25-27,29,33H,5-16H2,1-4H3,(H,28,35)(H,36,37). The van der Waals surface area contributed by atoms with Crippen LogP contribution >= 0.6 is 0 Å². The van der Waals surface area contributed by atoms with Crippen molar-refractivity contribution in [1.82, 2.24) is 5.32 Å². The van der Waals surface area contributed by atoms with Crippen LogP contribution < -0.4 is 5.32 Å². The van der Waals surface area contributed by atoms with Crippen LogP contribution in [0, 0.1) is 0 Å². The molecule has 1 amide bonds. The fraction of sp³-hybridized carbons (Fsp3) is 0.778. The molecule has 0 aliphatic carbocycles. The van der Waals surface area contributed by atoms with Crippen LogP contribution in [0.1, 0.15) is 27.7 Å². The molecule has 0 aliphatic heterocycles. The number of hydrogen-bond acceptors (Lipinski definition) is 17. The van der Waals surface area contributed by atoms with Crippen LogP contribution in [0.3, 0.4) is 0 Å². The van der Waals surface area contributed by atoms with Crippen molar-refractivity contribution in [2.24, 2.45) is 0 Å².